The fourth-order valence-corrected chi connectivity index (χ4v) is 5.79. The predicted octanol–water partition coefficient (Wildman–Crippen LogP) is 8.13. The van der Waals surface area contributed by atoms with Gasteiger partial charge < -0.3 is 19.6 Å². The Balaban J connectivity index is 1.33. The molecule has 0 radical (unpaired) electrons. The molecule has 6 aromatic rings. The number of hydrogen-bond donors (Lipinski definition) is 2. The number of aromatic carboxylic acids is 1. The quantitative estimate of drug-likeness (QED) is 0.153. The lowest BCUT2D eigenvalue weighted by Crippen LogP contribution is -2.04. The Morgan fingerprint density at radius 3 is 2.42 bits per heavy atom. The van der Waals surface area contributed by atoms with E-state index in [9.17, 15) is 9.90 Å². The third kappa shape index (κ3) is 5.58. The Morgan fingerprint density at radius 2 is 1.63 bits per heavy atom. The van der Waals surface area contributed by atoms with Crippen LogP contribution in [0.5, 0.6) is 11.5 Å². The molecule has 0 bridgehead atoms. The minimum atomic E-state index is -0.977. The largest absolute Gasteiger partial charge is 0.493 e. The molecule has 0 unspecified atom stereocenters. The van der Waals surface area contributed by atoms with E-state index in [4.69, 9.17) is 14.6 Å². The highest BCUT2D eigenvalue weighted by Gasteiger charge is 2.25. The zero-order valence-corrected chi connectivity index (χ0v) is 24.6. The highest BCUT2D eigenvalue weighted by Crippen LogP contribution is 2.38. The van der Waals surface area contributed by atoms with Gasteiger partial charge in [-0.3, -0.25) is 4.68 Å². The molecule has 2 aromatic heterocycles. The maximum absolute atomic E-state index is 12.4. The third-order valence-corrected chi connectivity index (χ3v) is 7.86. The summed E-state index contributed by atoms with van der Waals surface area (Å²) in [5.74, 6) is 0.789. The van der Waals surface area contributed by atoms with E-state index in [1.807, 2.05) is 84.5 Å². The number of aryl methyl sites for hydroxylation is 2. The molecule has 0 saturated carbocycles. The maximum Gasteiger partial charge on any atom is 0.352 e. The molecule has 0 saturated heterocycles. The molecule has 2 heterocycles. The lowest BCUT2D eigenvalue weighted by atomic mass is 9.95. The normalized spacial score (nSPS) is 11.4. The fraction of sp³-hybridized carbons (Fsp3) is 0.222. The van der Waals surface area contributed by atoms with Crippen molar-refractivity contribution in [1.82, 2.24) is 14.8 Å². The molecule has 0 spiro atoms. The summed E-state index contributed by atoms with van der Waals surface area (Å²) < 4.78 is 14.2. The first kappa shape index (κ1) is 28.1. The molecular formula is C36H35N3O4. The van der Waals surface area contributed by atoms with Crippen molar-refractivity contribution in [3.05, 3.63) is 114 Å². The Kier molecular flexibility index (Phi) is 7.88. The van der Waals surface area contributed by atoms with Gasteiger partial charge in [-0.1, -0.05) is 86.6 Å². The number of nitrogens with zero attached hydrogens (tertiary/aromatic N) is 2. The van der Waals surface area contributed by atoms with Crippen LogP contribution in [0, 0.1) is 0 Å². The van der Waals surface area contributed by atoms with Crippen LogP contribution in [0.4, 0.5) is 0 Å². The summed E-state index contributed by atoms with van der Waals surface area (Å²) in [7, 11) is 1.93. The number of para-hydroxylation sites is 2. The van der Waals surface area contributed by atoms with Crippen LogP contribution in [0.15, 0.2) is 91.0 Å². The number of aromatic amines is 1. The third-order valence-electron chi connectivity index (χ3n) is 7.86. The number of aromatic nitrogens is 3. The number of carboxylic acids is 1. The Bertz CT molecular complexity index is 1900. The Morgan fingerprint density at radius 1 is 0.907 bits per heavy atom. The number of carbonyl (C=O) groups is 1. The van der Waals surface area contributed by atoms with Crippen molar-refractivity contribution in [3.8, 4) is 22.6 Å². The minimum Gasteiger partial charge on any atom is -0.493 e. The lowest BCUT2D eigenvalue weighted by Gasteiger charge is -2.12. The minimum absolute atomic E-state index is 0.154. The van der Waals surface area contributed by atoms with Crippen molar-refractivity contribution in [2.24, 2.45) is 7.05 Å². The van der Waals surface area contributed by atoms with Crippen molar-refractivity contribution < 1.29 is 19.4 Å². The van der Waals surface area contributed by atoms with Gasteiger partial charge in [0.1, 0.15) is 23.8 Å². The van der Waals surface area contributed by atoms with Crippen LogP contribution in [0.1, 0.15) is 53.6 Å². The molecule has 0 aliphatic heterocycles. The van der Waals surface area contributed by atoms with Gasteiger partial charge in [-0.05, 0) is 47.9 Å². The van der Waals surface area contributed by atoms with E-state index in [1.54, 1.807) is 0 Å². The van der Waals surface area contributed by atoms with Gasteiger partial charge in [-0.15, -0.1) is 0 Å². The van der Waals surface area contributed by atoms with Gasteiger partial charge in [0.2, 0.25) is 0 Å². The molecule has 7 heteroatoms. The van der Waals surface area contributed by atoms with Gasteiger partial charge in [0.05, 0.1) is 23.5 Å². The molecule has 4 aromatic carbocycles. The molecule has 0 amide bonds. The van der Waals surface area contributed by atoms with Crippen LogP contribution in [0.2, 0.25) is 0 Å². The summed E-state index contributed by atoms with van der Waals surface area (Å²) in [5.41, 5.74) is 5.55. The zero-order valence-electron chi connectivity index (χ0n) is 24.6. The standard InChI is InChI=1S/C36H35N3O4/c1-23(2)33-32(30(39(3)38-33)22-43-25-14-5-4-6-15-25)29-18-10-17-27-28(35(36(40)41)37-34(27)29)19-11-21-42-31-20-9-13-24-12-7-8-16-26(24)31/h4-10,12-18,20,23,37H,11,19,21-22H2,1-3H3,(H,40,41). The van der Waals surface area contributed by atoms with Gasteiger partial charge in [-0.25, -0.2) is 4.79 Å². The second-order valence-corrected chi connectivity index (χ2v) is 11.0. The SMILES string of the molecule is CC(C)c1nn(C)c(COc2ccccc2)c1-c1cccc2c(CCCOc3cccc4ccccc34)c(C(=O)O)[nH]c12. The van der Waals surface area contributed by atoms with Gasteiger partial charge in [0, 0.05) is 28.9 Å². The van der Waals surface area contributed by atoms with Crippen LogP contribution in [-0.2, 0) is 20.1 Å². The van der Waals surface area contributed by atoms with E-state index < -0.39 is 5.97 Å². The number of carboxylic acid groups (broad SMARTS) is 1. The number of rotatable bonds is 11. The molecule has 0 aliphatic carbocycles. The van der Waals surface area contributed by atoms with Gasteiger partial charge >= 0.3 is 5.97 Å². The molecule has 0 aliphatic rings. The topological polar surface area (TPSA) is 89.4 Å². The molecular weight excluding hydrogens is 538 g/mol. The number of fused-ring (bicyclic) bond motifs is 2. The number of benzene rings is 4. The first-order valence-electron chi connectivity index (χ1n) is 14.6. The summed E-state index contributed by atoms with van der Waals surface area (Å²) >= 11 is 0. The first-order chi connectivity index (χ1) is 20.9. The van der Waals surface area contributed by atoms with Crippen molar-refractivity contribution in [2.75, 3.05) is 6.61 Å². The molecule has 2 N–H and O–H groups in total. The average Bonchev–Trinajstić information content (AvgIpc) is 3.56. The van der Waals surface area contributed by atoms with Crippen molar-refractivity contribution in [1.29, 1.82) is 0 Å². The number of ether oxygens (including phenoxy) is 2. The lowest BCUT2D eigenvalue weighted by molar-refractivity contribution is 0.0690. The summed E-state index contributed by atoms with van der Waals surface area (Å²) in [5, 5.41) is 18.2. The van der Waals surface area contributed by atoms with E-state index in [1.165, 1.54) is 0 Å². The maximum atomic E-state index is 12.4. The Labute approximate surface area is 250 Å². The summed E-state index contributed by atoms with van der Waals surface area (Å²) in [4.78, 5) is 15.7. The highest BCUT2D eigenvalue weighted by molar-refractivity contribution is 6.03. The molecule has 43 heavy (non-hydrogen) atoms. The molecule has 7 nitrogen and oxygen atoms in total. The van der Waals surface area contributed by atoms with E-state index in [2.05, 4.69) is 37.0 Å². The number of nitrogens with one attached hydrogen (secondary N) is 1. The van der Waals surface area contributed by atoms with E-state index in [-0.39, 0.29) is 11.6 Å². The second kappa shape index (κ2) is 12.1. The second-order valence-electron chi connectivity index (χ2n) is 11.0. The van der Waals surface area contributed by atoms with Crippen LogP contribution >= 0.6 is 0 Å². The number of H-pyrrole nitrogens is 1. The van der Waals surface area contributed by atoms with Crippen LogP contribution < -0.4 is 9.47 Å². The molecule has 0 atom stereocenters. The number of hydrogen-bond acceptors (Lipinski definition) is 4. The first-order valence-corrected chi connectivity index (χ1v) is 14.6. The zero-order chi connectivity index (χ0) is 29.9. The summed E-state index contributed by atoms with van der Waals surface area (Å²) in [6, 6.07) is 29.9. The van der Waals surface area contributed by atoms with Crippen molar-refractivity contribution >= 4 is 27.6 Å². The van der Waals surface area contributed by atoms with E-state index >= 15 is 0 Å². The highest BCUT2D eigenvalue weighted by atomic mass is 16.5. The van der Waals surface area contributed by atoms with Crippen molar-refractivity contribution in [2.45, 2.75) is 39.2 Å². The van der Waals surface area contributed by atoms with E-state index in [0.29, 0.717) is 26.1 Å². The van der Waals surface area contributed by atoms with E-state index in [0.717, 1.165) is 61.3 Å². The summed E-state index contributed by atoms with van der Waals surface area (Å²) in [6.07, 6.45) is 1.23. The molecule has 218 valence electrons. The smallest absolute Gasteiger partial charge is 0.352 e. The average molecular weight is 574 g/mol. The van der Waals surface area contributed by atoms with Crippen LogP contribution in [-0.4, -0.2) is 32.4 Å². The van der Waals surface area contributed by atoms with Crippen LogP contribution in [0.25, 0.3) is 32.8 Å². The van der Waals surface area contributed by atoms with Crippen LogP contribution in [0.3, 0.4) is 0 Å². The Hall–Kier alpha value is -5.04. The monoisotopic (exact) mass is 573 g/mol. The van der Waals surface area contributed by atoms with Crippen molar-refractivity contribution in [3.63, 3.8) is 0 Å². The molecule has 0 fully saturated rings. The van der Waals surface area contributed by atoms with Gasteiger partial charge in [0.25, 0.3) is 0 Å². The molecule has 6 rings (SSSR count). The van der Waals surface area contributed by atoms with Gasteiger partial charge in [-0.2, -0.15) is 5.10 Å². The predicted molar refractivity (Wildman–Crippen MR) is 170 cm³/mol. The fourth-order valence-electron chi connectivity index (χ4n) is 5.79. The summed E-state index contributed by atoms with van der Waals surface area (Å²) in [6.45, 7) is 5.04. The van der Waals surface area contributed by atoms with Gasteiger partial charge in [0.15, 0.2) is 0 Å².